The zero-order valence-corrected chi connectivity index (χ0v) is 9.72. The van der Waals surface area contributed by atoms with Crippen LogP contribution in [0.4, 0.5) is 5.69 Å². The maximum atomic E-state index is 10.7. The second-order valence-corrected chi connectivity index (χ2v) is 3.41. The second-order valence-electron chi connectivity index (χ2n) is 2.97. The highest BCUT2D eigenvalue weighted by Crippen LogP contribution is 2.28. The van der Waals surface area contributed by atoms with Gasteiger partial charge in [-0.3, -0.25) is 10.1 Å². The van der Waals surface area contributed by atoms with Gasteiger partial charge in [0.15, 0.2) is 0 Å². The van der Waals surface area contributed by atoms with Crippen LogP contribution in [-0.4, -0.2) is 4.92 Å². The Hall–Kier alpha value is -0.840. The van der Waals surface area contributed by atoms with Gasteiger partial charge < -0.3 is 5.73 Å². The van der Waals surface area contributed by atoms with Crippen molar-refractivity contribution in [3.05, 3.63) is 38.9 Å². The third kappa shape index (κ3) is 3.34. The first-order valence-corrected chi connectivity index (χ1v) is 4.63. The summed E-state index contributed by atoms with van der Waals surface area (Å²) in [7, 11) is 0. The summed E-state index contributed by atoms with van der Waals surface area (Å²) in [6.45, 7) is 1.87. The highest BCUT2D eigenvalue weighted by atomic mass is 35.5. The van der Waals surface area contributed by atoms with Crippen molar-refractivity contribution in [2.75, 3.05) is 0 Å². The van der Waals surface area contributed by atoms with Crippen LogP contribution in [0.5, 0.6) is 0 Å². The van der Waals surface area contributed by atoms with Crippen molar-refractivity contribution in [3.8, 4) is 0 Å². The molecule has 0 aliphatic heterocycles. The molecule has 1 rings (SSSR count). The smallest absolute Gasteiger partial charge is 0.274 e. The topological polar surface area (TPSA) is 69.2 Å². The van der Waals surface area contributed by atoms with Crippen LogP contribution in [0.25, 0.3) is 0 Å². The van der Waals surface area contributed by atoms with E-state index in [4.69, 9.17) is 17.3 Å². The van der Waals surface area contributed by atoms with E-state index < -0.39 is 4.92 Å². The quantitative estimate of drug-likeness (QED) is 0.662. The zero-order valence-electron chi connectivity index (χ0n) is 8.14. The van der Waals surface area contributed by atoms with Gasteiger partial charge in [0.2, 0.25) is 0 Å². The van der Waals surface area contributed by atoms with Gasteiger partial charge in [0.05, 0.1) is 4.92 Å². The lowest BCUT2D eigenvalue weighted by atomic mass is 10.0. The van der Waals surface area contributed by atoms with Gasteiger partial charge in [0.25, 0.3) is 5.69 Å². The molecule has 15 heavy (non-hydrogen) atoms. The van der Waals surface area contributed by atoms with Crippen molar-refractivity contribution in [3.63, 3.8) is 0 Å². The van der Waals surface area contributed by atoms with Crippen molar-refractivity contribution in [1.82, 2.24) is 0 Å². The Morgan fingerprint density at radius 2 is 2.20 bits per heavy atom. The third-order valence-electron chi connectivity index (χ3n) is 2.03. The van der Waals surface area contributed by atoms with Gasteiger partial charge in [-0.05, 0) is 18.6 Å². The Morgan fingerprint density at radius 1 is 1.60 bits per heavy atom. The summed E-state index contributed by atoms with van der Waals surface area (Å²) in [5, 5.41) is 11.1. The maximum Gasteiger partial charge on any atom is 0.274 e. The molecule has 1 aromatic rings. The van der Waals surface area contributed by atoms with Gasteiger partial charge in [0, 0.05) is 22.7 Å². The van der Waals surface area contributed by atoms with Crippen LogP contribution < -0.4 is 5.73 Å². The van der Waals surface area contributed by atoms with Crippen LogP contribution in [0.3, 0.4) is 0 Å². The highest BCUT2D eigenvalue weighted by Gasteiger charge is 2.18. The van der Waals surface area contributed by atoms with Crippen molar-refractivity contribution in [2.45, 2.75) is 19.4 Å². The monoisotopic (exact) mass is 250 g/mol. The summed E-state index contributed by atoms with van der Waals surface area (Å²) < 4.78 is 0. The van der Waals surface area contributed by atoms with Gasteiger partial charge in [-0.2, -0.15) is 0 Å². The molecular weight excluding hydrogens is 239 g/mol. The van der Waals surface area contributed by atoms with E-state index in [1.54, 1.807) is 6.07 Å². The minimum absolute atomic E-state index is 0. The van der Waals surface area contributed by atoms with Crippen LogP contribution >= 0.6 is 24.0 Å². The molecule has 6 heteroatoms. The minimum atomic E-state index is -0.443. The SMILES string of the molecule is CC[C@H](N)c1cc(Cl)ccc1[N+](=O)[O-].Cl. The normalized spacial score (nSPS) is 11.7. The first-order chi connectivity index (χ1) is 6.56. The van der Waals surface area contributed by atoms with Gasteiger partial charge in [-0.25, -0.2) is 0 Å². The molecule has 0 heterocycles. The Morgan fingerprint density at radius 3 is 2.67 bits per heavy atom. The van der Waals surface area contributed by atoms with E-state index in [0.717, 1.165) is 0 Å². The fourth-order valence-corrected chi connectivity index (χ4v) is 1.39. The molecule has 0 aliphatic carbocycles. The van der Waals surface area contributed by atoms with Gasteiger partial charge in [0.1, 0.15) is 0 Å². The van der Waals surface area contributed by atoms with Crippen molar-refractivity contribution >= 4 is 29.7 Å². The average Bonchev–Trinajstić information content (AvgIpc) is 2.16. The first-order valence-electron chi connectivity index (χ1n) is 4.25. The van der Waals surface area contributed by atoms with E-state index in [1.807, 2.05) is 6.92 Å². The number of hydrogen-bond donors (Lipinski definition) is 1. The molecule has 84 valence electrons. The Kier molecular flexibility index (Phi) is 5.57. The fraction of sp³-hybridized carbons (Fsp3) is 0.333. The summed E-state index contributed by atoms with van der Waals surface area (Å²) in [4.78, 5) is 10.2. The van der Waals surface area contributed by atoms with E-state index in [0.29, 0.717) is 17.0 Å². The Bertz CT molecular complexity index is 358. The number of benzene rings is 1. The average molecular weight is 251 g/mol. The molecule has 0 saturated heterocycles. The molecule has 0 fully saturated rings. The van der Waals surface area contributed by atoms with E-state index >= 15 is 0 Å². The highest BCUT2D eigenvalue weighted by molar-refractivity contribution is 6.30. The number of rotatable bonds is 3. The third-order valence-corrected chi connectivity index (χ3v) is 2.26. The molecule has 0 aromatic heterocycles. The summed E-state index contributed by atoms with van der Waals surface area (Å²) in [5.41, 5.74) is 6.26. The summed E-state index contributed by atoms with van der Waals surface area (Å²) in [6.07, 6.45) is 0.640. The summed E-state index contributed by atoms with van der Waals surface area (Å²) in [6, 6.07) is 4.08. The first kappa shape index (κ1) is 14.2. The standard InChI is InChI=1S/C9H11ClN2O2.ClH/c1-2-8(11)7-5-6(10)3-4-9(7)12(13)14;/h3-5,8H,2,11H2,1H3;1H/t8-;/m0./s1. The van der Waals surface area contributed by atoms with Crippen molar-refractivity contribution in [1.29, 1.82) is 0 Å². The molecule has 0 amide bonds. The van der Waals surface area contributed by atoms with Crippen LogP contribution in [0.2, 0.25) is 5.02 Å². The van der Waals surface area contributed by atoms with Gasteiger partial charge >= 0.3 is 0 Å². The minimum Gasteiger partial charge on any atom is -0.324 e. The fourth-order valence-electron chi connectivity index (χ4n) is 1.21. The molecular formula is C9H12Cl2N2O2. The van der Waals surface area contributed by atoms with Crippen LogP contribution in [0.15, 0.2) is 18.2 Å². The molecule has 2 N–H and O–H groups in total. The molecule has 1 aromatic carbocycles. The van der Waals surface area contributed by atoms with Crippen LogP contribution in [-0.2, 0) is 0 Å². The largest absolute Gasteiger partial charge is 0.324 e. The lowest BCUT2D eigenvalue weighted by Gasteiger charge is -2.09. The van der Waals surface area contributed by atoms with Gasteiger partial charge in [-0.1, -0.05) is 18.5 Å². The molecule has 4 nitrogen and oxygen atoms in total. The van der Waals surface area contributed by atoms with E-state index in [9.17, 15) is 10.1 Å². The number of halogens is 2. The number of nitrogens with two attached hydrogens (primary N) is 1. The molecule has 1 atom stereocenters. The number of nitro groups is 1. The molecule has 0 unspecified atom stereocenters. The Balaban J connectivity index is 0.00000196. The molecule has 0 radical (unpaired) electrons. The van der Waals surface area contributed by atoms with E-state index in [1.165, 1.54) is 12.1 Å². The predicted molar refractivity (Wildman–Crippen MR) is 62.6 cm³/mol. The maximum absolute atomic E-state index is 10.7. The van der Waals surface area contributed by atoms with Crippen LogP contribution in [0, 0.1) is 10.1 Å². The molecule has 0 saturated carbocycles. The lowest BCUT2D eigenvalue weighted by Crippen LogP contribution is -2.11. The molecule has 0 aliphatic rings. The lowest BCUT2D eigenvalue weighted by molar-refractivity contribution is -0.385. The second kappa shape index (κ2) is 5.90. The van der Waals surface area contributed by atoms with Gasteiger partial charge in [-0.15, -0.1) is 12.4 Å². The Labute approximate surface area is 99.0 Å². The van der Waals surface area contributed by atoms with Crippen molar-refractivity contribution in [2.24, 2.45) is 5.73 Å². The van der Waals surface area contributed by atoms with Crippen LogP contribution in [0.1, 0.15) is 24.9 Å². The number of nitro benzene ring substituents is 1. The van der Waals surface area contributed by atoms with E-state index in [-0.39, 0.29) is 24.1 Å². The summed E-state index contributed by atoms with van der Waals surface area (Å²) in [5.74, 6) is 0. The predicted octanol–water partition coefficient (Wildman–Crippen LogP) is 3.08. The number of nitrogens with zero attached hydrogens (tertiary/aromatic N) is 1. The zero-order chi connectivity index (χ0) is 10.7. The van der Waals surface area contributed by atoms with Crippen molar-refractivity contribution < 1.29 is 4.92 Å². The number of hydrogen-bond acceptors (Lipinski definition) is 3. The summed E-state index contributed by atoms with van der Waals surface area (Å²) >= 11 is 5.74. The molecule has 0 bridgehead atoms. The van der Waals surface area contributed by atoms with E-state index in [2.05, 4.69) is 0 Å². The molecule has 0 spiro atoms.